The van der Waals surface area contributed by atoms with Crippen LogP contribution in [0.25, 0.3) is 0 Å². The number of rotatable bonds is 3. The SMILES string of the molecule is [CH2]OC(=O)NCCCC. The average Bonchev–Trinajstić information content (AvgIpc) is 1.89. The molecule has 3 heteroatoms. The highest BCUT2D eigenvalue weighted by Crippen LogP contribution is 1.82. The van der Waals surface area contributed by atoms with E-state index in [9.17, 15) is 4.79 Å². The number of hydrogen-bond donors (Lipinski definition) is 1. The van der Waals surface area contributed by atoms with Gasteiger partial charge in [0.15, 0.2) is 0 Å². The van der Waals surface area contributed by atoms with Crippen LogP contribution in [0.3, 0.4) is 0 Å². The third-order valence-electron chi connectivity index (χ3n) is 0.931. The molecule has 0 aliphatic heterocycles. The molecule has 0 aromatic heterocycles. The number of nitrogens with one attached hydrogen (secondary N) is 1. The Balaban J connectivity index is 2.97. The first-order chi connectivity index (χ1) is 4.31. The zero-order valence-corrected chi connectivity index (χ0v) is 5.64. The van der Waals surface area contributed by atoms with Gasteiger partial charge in [-0.05, 0) is 6.42 Å². The van der Waals surface area contributed by atoms with E-state index in [2.05, 4.69) is 24.1 Å². The van der Waals surface area contributed by atoms with Gasteiger partial charge in [-0.2, -0.15) is 0 Å². The monoisotopic (exact) mass is 130 g/mol. The second-order valence-electron chi connectivity index (χ2n) is 1.71. The molecule has 1 amide bonds. The molecule has 0 heterocycles. The third-order valence-corrected chi connectivity index (χ3v) is 0.931. The van der Waals surface area contributed by atoms with Crippen LogP contribution < -0.4 is 5.32 Å². The summed E-state index contributed by atoms with van der Waals surface area (Å²) in [4.78, 5) is 10.3. The zero-order valence-electron chi connectivity index (χ0n) is 5.64. The van der Waals surface area contributed by atoms with Crippen molar-refractivity contribution in [3.05, 3.63) is 7.11 Å². The van der Waals surface area contributed by atoms with Crippen LogP contribution in [-0.2, 0) is 4.74 Å². The van der Waals surface area contributed by atoms with Crippen molar-refractivity contribution in [3.8, 4) is 0 Å². The second kappa shape index (κ2) is 5.41. The van der Waals surface area contributed by atoms with E-state index >= 15 is 0 Å². The van der Waals surface area contributed by atoms with Crippen molar-refractivity contribution in [2.45, 2.75) is 19.8 Å². The molecule has 3 nitrogen and oxygen atoms in total. The van der Waals surface area contributed by atoms with Crippen molar-refractivity contribution in [2.24, 2.45) is 0 Å². The summed E-state index contributed by atoms with van der Waals surface area (Å²) < 4.78 is 4.10. The van der Waals surface area contributed by atoms with E-state index in [1.165, 1.54) is 0 Å². The van der Waals surface area contributed by atoms with Crippen LogP contribution in [0.2, 0.25) is 0 Å². The van der Waals surface area contributed by atoms with Crippen LogP contribution in [0.5, 0.6) is 0 Å². The van der Waals surface area contributed by atoms with Gasteiger partial charge in [-0.25, -0.2) is 4.79 Å². The molecule has 0 bridgehead atoms. The zero-order chi connectivity index (χ0) is 7.11. The molecular weight excluding hydrogens is 118 g/mol. The minimum atomic E-state index is -0.455. The lowest BCUT2D eigenvalue weighted by molar-refractivity contribution is 0.183. The molecule has 0 aliphatic carbocycles. The van der Waals surface area contributed by atoms with Gasteiger partial charge >= 0.3 is 6.09 Å². The molecule has 1 radical (unpaired) electrons. The lowest BCUT2D eigenvalue weighted by Gasteiger charge is -1.99. The molecule has 0 spiro atoms. The predicted molar refractivity (Wildman–Crippen MR) is 34.7 cm³/mol. The van der Waals surface area contributed by atoms with E-state index in [0.717, 1.165) is 12.8 Å². The summed E-state index contributed by atoms with van der Waals surface area (Å²) in [5.74, 6) is 0. The van der Waals surface area contributed by atoms with Gasteiger partial charge in [0, 0.05) is 6.54 Å². The minimum absolute atomic E-state index is 0.455. The molecule has 0 saturated carbocycles. The number of unbranched alkanes of at least 4 members (excludes halogenated alkanes) is 1. The maximum Gasteiger partial charge on any atom is 0.407 e. The van der Waals surface area contributed by atoms with Crippen LogP contribution >= 0.6 is 0 Å². The largest absolute Gasteiger partial charge is 0.446 e. The maximum atomic E-state index is 10.3. The Morgan fingerprint density at radius 3 is 2.89 bits per heavy atom. The Bertz CT molecular complexity index is 83.1. The van der Waals surface area contributed by atoms with Gasteiger partial charge < -0.3 is 10.1 Å². The van der Waals surface area contributed by atoms with Gasteiger partial charge in [0.25, 0.3) is 0 Å². The molecule has 9 heavy (non-hydrogen) atoms. The Kier molecular flexibility index (Phi) is 4.97. The fourth-order valence-corrected chi connectivity index (χ4v) is 0.418. The topological polar surface area (TPSA) is 38.3 Å². The molecule has 0 unspecified atom stereocenters. The highest BCUT2D eigenvalue weighted by Gasteiger charge is 1.93. The van der Waals surface area contributed by atoms with Crippen LogP contribution in [0.15, 0.2) is 0 Å². The molecule has 53 valence electrons. The third kappa shape index (κ3) is 5.14. The van der Waals surface area contributed by atoms with Gasteiger partial charge in [0.05, 0.1) is 0 Å². The number of hydrogen-bond acceptors (Lipinski definition) is 2. The van der Waals surface area contributed by atoms with E-state index in [0.29, 0.717) is 6.54 Å². The number of carbonyl (C=O) groups is 1. The summed E-state index contributed by atoms with van der Waals surface area (Å²) in [7, 11) is 2.95. The van der Waals surface area contributed by atoms with Gasteiger partial charge in [-0.15, -0.1) is 0 Å². The van der Waals surface area contributed by atoms with E-state index < -0.39 is 6.09 Å². The number of alkyl carbamates (subject to hydrolysis) is 1. The smallest absolute Gasteiger partial charge is 0.407 e. The number of carbonyl (C=O) groups excluding carboxylic acids is 1. The van der Waals surface area contributed by atoms with Gasteiger partial charge in [0.2, 0.25) is 0 Å². The standard InChI is InChI=1S/C6H12NO2/c1-3-4-5-7-6(8)9-2/h2-5H2,1H3,(H,7,8). The first-order valence-electron chi connectivity index (χ1n) is 3.01. The summed E-state index contributed by atoms with van der Waals surface area (Å²) in [5, 5.41) is 2.51. The second-order valence-corrected chi connectivity index (χ2v) is 1.71. The summed E-state index contributed by atoms with van der Waals surface area (Å²) >= 11 is 0. The normalized spacial score (nSPS) is 8.67. The van der Waals surface area contributed by atoms with Crippen LogP contribution in [-0.4, -0.2) is 12.6 Å². The average molecular weight is 130 g/mol. The summed E-state index contributed by atoms with van der Waals surface area (Å²) in [6.45, 7) is 2.72. The Labute approximate surface area is 55.4 Å². The lowest BCUT2D eigenvalue weighted by atomic mass is 10.3. The fraction of sp³-hybridized carbons (Fsp3) is 0.667. The van der Waals surface area contributed by atoms with Crippen molar-refractivity contribution in [2.75, 3.05) is 6.54 Å². The molecule has 0 atom stereocenters. The van der Waals surface area contributed by atoms with Crippen LogP contribution in [0, 0.1) is 7.11 Å². The quantitative estimate of drug-likeness (QED) is 0.585. The molecule has 0 aliphatic rings. The summed E-state index contributed by atoms with van der Waals surface area (Å²) in [5.41, 5.74) is 0. The molecule has 0 fully saturated rings. The first kappa shape index (κ1) is 8.27. The van der Waals surface area contributed by atoms with Crippen LogP contribution in [0.4, 0.5) is 4.79 Å². The number of amides is 1. The molecule has 1 N–H and O–H groups in total. The minimum Gasteiger partial charge on any atom is -0.446 e. The van der Waals surface area contributed by atoms with E-state index in [1.807, 2.05) is 0 Å². The van der Waals surface area contributed by atoms with Crippen molar-refractivity contribution in [1.82, 2.24) is 5.32 Å². The van der Waals surface area contributed by atoms with Gasteiger partial charge in [-0.3, -0.25) is 0 Å². The molecule has 0 saturated heterocycles. The fourth-order valence-electron chi connectivity index (χ4n) is 0.418. The van der Waals surface area contributed by atoms with Crippen molar-refractivity contribution in [3.63, 3.8) is 0 Å². The van der Waals surface area contributed by atoms with Crippen LogP contribution in [0.1, 0.15) is 19.8 Å². The molecule has 0 aromatic carbocycles. The predicted octanol–water partition coefficient (Wildman–Crippen LogP) is 1.30. The van der Waals surface area contributed by atoms with Crippen molar-refractivity contribution in [1.29, 1.82) is 0 Å². The molecule has 0 rings (SSSR count). The Hall–Kier alpha value is -0.730. The maximum absolute atomic E-state index is 10.3. The molecule has 0 aromatic rings. The highest BCUT2D eigenvalue weighted by atomic mass is 16.5. The van der Waals surface area contributed by atoms with E-state index in [4.69, 9.17) is 0 Å². The summed E-state index contributed by atoms with van der Waals surface area (Å²) in [6.07, 6.45) is 1.59. The lowest BCUT2D eigenvalue weighted by Crippen LogP contribution is -2.23. The Morgan fingerprint density at radius 1 is 1.78 bits per heavy atom. The highest BCUT2D eigenvalue weighted by molar-refractivity contribution is 5.67. The van der Waals surface area contributed by atoms with E-state index in [-0.39, 0.29) is 0 Å². The molecular formula is C6H12NO2. The van der Waals surface area contributed by atoms with Crippen molar-refractivity contribution < 1.29 is 9.53 Å². The summed E-state index contributed by atoms with van der Waals surface area (Å²) in [6, 6.07) is 0. The number of ether oxygens (including phenoxy) is 1. The van der Waals surface area contributed by atoms with E-state index in [1.54, 1.807) is 0 Å². The van der Waals surface area contributed by atoms with Crippen molar-refractivity contribution >= 4 is 6.09 Å². The van der Waals surface area contributed by atoms with Gasteiger partial charge in [0.1, 0.15) is 7.11 Å². The van der Waals surface area contributed by atoms with Gasteiger partial charge in [-0.1, -0.05) is 13.3 Å². The Morgan fingerprint density at radius 2 is 2.44 bits per heavy atom. The first-order valence-corrected chi connectivity index (χ1v) is 3.01.